The molecule has 178 valence electrons. The van der Waals surface area contributed by atoms with Crippen LogP contribution in [0.15, 0.2) is 42.6 Å². The van der Waals surface area contributed by atoms with Gasteiger partial charge in [-0.25, -0.2) is 4.39 Å². The summed E-state index contributed by atoms with van der Waals surface area (Å²) < 4.78 is 14.1. The van der Waals surface area contributed by atoms with Crippen LogP contribution in [0, 0.1) is 18.2 Å². The molecule has 0 saturated carbocycles. The molecule has 1 fully saturated rings. The largest absolute Gasteiger partial charge is 0.374 e. The minimum atomic E-state index is -0.913. The number of carbonyl (C=O) groups is 3. The molecule has 3 amide bonds. The number of nitrogens with one attached hydrogen (secondary N) is 3. The predicted molar refractivity (Wildman–Crippen MR) is 126 cm³/mol. The molecule has 1 aromatic heterocycles. The Kier molecular flexibility index (Phi) is 7.62. The van der Waals surface area contributed by atoms with Crippen molar-refractivity contribution in [3.8, 4) is 0 Å². The van der Waals surface area contributed by atoms with Gasteiger partial charge in [0.05, 0.1) is 23.5 Å². The lowest BCUT2D eigenvalue weighted by Crippen LogP contribution is -2.47. The number of likely N-dealkylation sites (tertiary alicyclic amines) is 1. The molecule has 11 heteroatoms. The minimum absolute atomic E-state index is 0.0433. The van der Waals surface area contributed by atoms with E-state index < -0.39 is 35.3 Å². The van der Waals surface area contributed by atoms with E-state index >= 15 is 0 Å². The van der Waals surface area contributed by atoms with Crippen LogP contribution in [0.2, 0.25) is 5.02 Å². The first-order valence-electron chi connectivity index (χ1n) is 10.3. The van der Waals surface area contributed by atoms with Gasteiger partial charge in [0.1, 0.15) is 17.6 Å². The molecule has 3 rings (SSSR count). The number of aryl methyl sites for hydroxylation is 1. The molecule has 5 N–H and O–H groups in total. The van der Waals surface area contributed by atoms with Crippen LogP contribution in [0.4, 0.5) is 10.1 Å². The average Bonchev–Trinajstić information content (AvgIpc) is 3.20. The van der Waals surface area contributed by atoms with Gasteiger partial charge in [-0.2, -0.15) is 0 Å². The van der Waals surface area contributed by atoms with E-state index in [1.165, 1.54) is 29.3 Å². The molecule has 0 unspecified atom stereocenters. The van der Waals surface area contributed by atoms with E-state index in [2.05, 4.69) is 22.2 Å². The van der Waals surface area contributed by atoms with Crippen molar-refractivity contribution in [1.82, 2.24) is 15.2 Å². The van der Waals surface area contributed by atoms with E-state index in [0.717, 1.165) is 0 Å². The van der Waals surface area contributed by atoms with Crippen LogP contribution < -0.4 is 16.4 Å². The number of halogens is 2. The normalized spacial score (nSPS) is 15.2. The van der Waals surface area contributed by atoms with Gasteiger partial charge < -0.3 is 21.3 Å². The number of hydrogen-bond donors (Lipinski definition) is 4. The highest BCUT2D eigenvalue weighted by Crippen LogP contribution is 2.23. The molecule has 1 aliphatic rings. The molecular formula is C23H24ClFN6O3. The standard InChI is InChI=1S/C23H24ClFN6O3/c1-12-6-18(23(34)30-8-14-4-3-5-16(24)20(14)25)31(11-12)19(32)10-29-17-9-28-13(2)7-15(17)21(26)22(27)33/h3-5,7,9,18,26,29H,1,6,8,10-11H2,2H3,(H2,27,33)(H,30,34)/t18-/m0/s1. The summed E-state index contributed by atoms with van der Waals surface area (Å²) in [6, 6.07) is 5.22. The molecule has 2 aromatic rings. The zero-order chi connectivity index (χ0) is 25.0. The molecule has 2 heterocycles. The van der Waals surface area contributed by atoms with Gasteiger partial charge in [0.15, 0.2) is 0 Å². The van der Waals surface area contributed by atoms with Crippen LogP contribution in [-0.4, -0.2) is 52.4 Å². The van der Waals surface area contributed by atoms with Crippen LogP contribution in [0.25, 0.3) is 0 Å². The topological polar surface area (TPSA) is 141 Å². The maximum Gasteiger partial charge on any atom is 0.267 e. The first-order chi connectivity index (χ1) is 16.1. The number of primary amides is 1. The van der Waals surface area contributed by atoms with E-state index in [0.29, 0.717) is 17.0 Å². The zero-order valence-electron chi connectivity index (χ0n) is 18.5. The summed E-state index contributed by atoms with van der Waals surface area (Å²) in [4.78, 5) is 42.7. The van der Waals surface area contributed by atoms with E-state index in [1.807, 2.05) is 0 Å². The Morgan fingerprint density at radius 2 is 2.12 bits per heavy atom. The summed E-state index contributed by atoms with van der Waals surface area (Å²) in [5.74, 6) is -2.37. The molecule has 1 aromatic carbocycles. The van der Waals surface area contributed by atoms with E-state index in [-0.39, 0.29) is 42.2 Å². The van der Waals surface area contributed by atoms with Gasteiger partial charge in [0, 0.05) is 29.9 Å². The van der Waals surface area contributed by atoms with Gasteiger partial charge in [-0.05, 0) is 25.5 Å². The summed E-state index contributed by atoms with van der Waals surface area (Å²) in [6.45, 7) is 5.48. The van der Waals surface area contributed by atoms with Crippen molar-refractivity contribution < 1.29 is 18.8 Å². The Hall–Kier alpha value is -3.79. The van der Waals surface area contributed by atoms with Gasteiger partial charge in [-0.15, -0.1) is 0 Å². The molecule has 9 nitrogen and oxygen atoms in total. The fourth-order valence-corrected chi connectivity index (χ4v) is 3.79. The second-order valence-electron chi connectivity index (χ2n) is 7.89. The smallest absolute Gasteiger partial charge is 0.267 e. The maximum atomic E-state index is 14.1. The number of pyridine rings is 1. The number of carbonyl (C=O) groups excluding carboxylic acids is 3. The van der Waals surface area contributed by atoms with Crippen LogP contribution >= 0.6 is 11.6 Å². The molecule has 0 bridgehead atoms. The van der Waals surface area contributed by atoms with Crippen molar-refractivity contribution in [1.29, 1.82) is 5.41 Å². The molecule has 1 atom stereocenters. The fraction of sp³-hybridized carbons (Fsp3) is 0.261. The Morgan fingerprint density at radius 3 is 2.82 bits per heavy atom. The summed E-state index contributed by atoms with van der Waals surface area (Å²) >= 11 is 5.78. The molecule has 1 aliphatic heterocycles. The monoisotopic (exact) mass is 486 g/mol. The summed E-state index contributed by atoms with van der Waals surface area (Å²) in [7, 11) is 0. The Labute approximate surface area is 200 Å². The fourth-order valence-electron chi connectivity index (χ4n) is 3.59. The molecule has 34 heavy (non-hydrogen) atoms. The highest BCUT2D eigenvalue weighted by molar-refractivity contribution is 6.44. The van der Waals surface area contributed by atoms with E-state index in [9.17, 15) is 18.8 Å². The van der Waals surface area contributed by atoms with Crippen LogP contribution in [0.5, 0.6) is 0 Å². The van der Waals surface area contributed by atoms with Crippen molar-refractivity contribution in [2.24, 2.45) is 5.73 Å². The molecular weight excluding hydrogens is 463 g/mol. The lowest BCUT2D eigenvalue weighted by molar-refractivity contribution is -0.137. The first-order valence-corrected chi connectivity index (χ1v) is 10.7. The number of rotatable bonds is 8. The first kappa shape index (κ1) is 24.8. The third-order valence-corrected chi connectivity index (χ3v) is 5.64. The van der Waals surface area contributed by atoms with Crippen LogP contribution in [0.3, 0.4) is 0 Å². The van der Waals surface area contributed by atoms with E-state index in [4.69, 9.17) is 22.7 Å². The number of amides is 3. The van der Waals surface area contributed by atoms with Gasteiger partial charge in [0.2, 0.25) is 11.8 Å². The summed E-state index contributed by atoms with van der Waals surface area (Å²) in [5, 5.41) is 13.4. The van der Waals surface area contributed by atoms with Gasteiger partial charge in [-0.3, -0.25) is 24.8 Å². The number of aromatic nitrogens is 1. The van der Waals surface area contributed by atoms with Crippen LogP contribution in [0.1, 0.15) is 23.2 Å². The lowest BCUT2D eigenvalue weighted by atomic mass is 10.1. The second-order valence-corrected chi connectivity index (χ2v) is 8.29. The Bertz CT molecular complexity index is 1190. The average molecular weight is 487 g/mol. The summed E-state index contributed by atoms with van der Waals surface area (Å²) in [5.41, 5.74) is 6.82. The molecule has 0 spiro atoms. The molecule has 0 aliphatic carbocycles. The highest BCUT2D eigenvalue weighted by Gasteiger charge is 2.35. The third-order valence-electron chi connectivity index (χ3n) is 5.35. The number of hydrogen-bond acceptors (Lipinski definition) is 6. The van der Waals surface area contributed by atoms with Crippen molar-refractivity contribution in [3.05, 3.63) is 70.3 Å². The maximum absolute atomic E-state index is 14.1. The van der Waals surface area contributed by atoms with Crippen molar-refractivity contribution in [2.75, 3.05) is 18.4 Å². The van der Waals surface area contributed by atoms with Gasteiger partial charge in [0.25, 0.3) is 5.91 Å². The number of benzene rings is 1. The molecule has 1 saturated heterocycles. The van der Waals surface area contributed by atoms with E-state index in [1.54, 1.807) is 13.0 Å². The quantitative estimate of drug-likeness (QED) is 0.333. The third kappa shape index (κ3) is 5.57. The lowest BCUT2D eigenvalue weighted by Gasteiger charge is -2.24. The zero-order valence-corrected chi connectivity index (χ0v) is 19.2. The second kappa shape index (κ2) is 10.4. The van der Waals surface area contributed by atoms with Gasteiger partial charge >= 0.3 is 0 Å². The van der Waals surface area contributed by atoms with Crippen molar-refractivity contribution in [2.45, 2.75) is 25.9 Å². The van der Waals surface area contributed by atoms with Gasteiger partial charge in [-0.1, -0.05) is 35.9 Å². The Morgan fingerprint density at radius 1 is 1.38 bits per heavy atom. The summed E-state index contributed by atoms with van der Waals surface area (Å²) in [6.07, 6.45) is 1.68. The van der Waals surface area contributed by atoms with Crippen LogP contribution in [-0.2, 0) is 20.9 Å². The SMILES string of the molecule is C=C1C[C@@H](C(=O)NCc2cccc(Cl)c2F)N(C(=O)CNc2cnc(C)cc2C(=N)C(N)=O)C1. The number of nitrogens with zero attached hydrogens (tertiary/aromatic N) is 2. The van der Waals surface area contributed by atoms with Crippen molar-refractivity contribution in [3.63, 3.8) is 0 Å². The number of nitrogens with two attached hydrogens (primary N) is 1. The predicted octanol–water partition coefficient (Wildman–Crippen LogP) is 1.92. The van der Waals surface area contributed by atoms with Crippen molar-refractivity contribution >= 4 is 40.7 Å². The minimum Gasteiger partial charge on any atom is -0.374 e. The number of anilines is 1. The Balaban J connectivity index is 1.68. The highest BCUT2D eigenvalue weighted by atomic mass is 35.5. The molecule has 0 radical (unpaired) electrons.